The Kier molecular flexibility index (Phi) is 3.64. The number of imidazole rings is 1. The van der Waals surface area contributed by atoms with E-state index in [1.54, 1.807) is 29.5 Å². The third kappa shape index (κ3) is 2.63. The summed E-state index contributed by atoms with van der Waals surface area (Å²) in [5, 5.41) is 22.4. The smallest absolute Gasteiger partial charge is 0.313 e. The van der Waals surface area contributed by atoms with Crippen molar-refractivity contribution in [3.8, 4) is 11.8 Å². The van der Waals surface area contributed by atoms with Crippen molar-refractivity contribution in [2.24, 2.45) is 0 Å². The lowest BCUT2D eigenvalue weighted by molar-refractivity contribution is -0.133. The first-order chi connectivity index (χ1) is 10.2. The molecule has 0 saturated carbocycles. The highest BCUT2D eigenvalue weighted by Gasteiger charge is 2.15. The second kappa shape index (κ2) is 5.60. The lowest BCUT2D eigenvalue weighted by Crippen LogP contribution is -2.01. The van der Waals surface area contributed by atoms with Gasteiger partial charge >= 0.3 is 5.97 Å². The van der Waals surface area contributed by atoms with Crippen LogP contribution < -0.4 is 0 Å². The Morgan fingerprint density at radius 2 is 2.33 bits per heavy atom. The summed E-state index contributed by atoms with van der Waals surface area (Å²) in [6, 6.07) is 9.31. The molecule has 7 heteroatoms. The fourth-order valence-electron chi connectivity index (χ4n) is 1.98. The molecule has 21 heavy (non-hydrogen) atoms. The maximum absolute atomic E-state index is 10.8. The van der Waals surface area contributed by atoms with Crippen LogP contribution in [0.25, 0.3) is 16.7 Å². The van der Waals surface area contributed by atoms with Gasteiger partial charge in [-0.05, 0) is 29.6 Å². The van der Waals surface area contributed by atoms with Crippen LogP contribution in [0.1, 0.15) is 5.56 Å². The molecule has 0 aliphatic heterocycles. The van der Waals surface area contributed by atoms with E-state index in [2.05, 4.69) is 11.1 Å². The molecule has 0 bridgehead atoms. The van der Waals surface area contributed by atoms with Gasteiger partial charge in [-0.15, -0.1) is 0 Å². The van der Waals surface area contributed by atoms with Gasteiger partial charge in [-0.3, -0.25) is 9.36 Å². The molecular formula is C14H9N3O2S2. The minimum absolute atomic E-state index is 0.0570. The van der Waals surface area contributed by atoms with Gasteiger partial charge in [-0.2, -0.15) is 16.6 Å². The lowest BCUT2D eigenvalue weighted by atomic mass is 10.2. The zero-order valence-corrected chi connectivity index (χ0v) is 12.3. The van der Waals surface area contributed by atoms with E-state index in [9.17, 15) is 4.79 Å². The van der Waals surface area contributed by atoms with E-state index < -0.39 is 5.97 Å². The molecule has 104 valence electrons. The van der Waals surface area contributed by atoms with Crippen molar-refractivity contribution in [2.75, 3.05) is 5.75 Å². The third-order valence-corrected chi connectivity index (χ3v) is 4.44. The number of rotatable bonds is 4. The summed E-state index contributed by atoms with van der Waals surface area (Å²) < 4.78 is 1.89. The first-order valence-electron chi connectivity index (χ1n) is 5.99. The van der Waals surface area contributed by atoms with Crippen LogP contribution in [-0.2, 0) is 4.79 Å². The summed E-state index contributed by atoms with van der Waals surface area (Å²) in [6.45, 7) is 0. The van der Waals surface area contributed by atoms with Crippen LogP contribution in [0, 0.1) is 11.3 Å². The average molecular weight is 315 g/mol. The van der Waals surface area contributed by atoms with Crippen molar-refractivity contribution in [1.29, 1.82) is 5.26 Å². The molecule has 2 heterocycles. The topological polar surface area (TPSA) is 78.9 Å². The van der Waals surface area contributed by atoms with Gasteiger partial charge in [-0.25, -0.2) is 4.98 Å². The van der Waals surface area contributed by atoms with E-state index in [0.29, 0.717) is 10.7 Å². The number of benzene rings is 1. The molecule has 1 aromatic carbocycles. The SMILES string of the molecule is N#Cc1ccc2nc(SCC(=O)O)n(-c3ccsc3)c2c1. The summed E-state index contributed by atoms with van der Waals surface area (Å²) in [7, 11) is 0. The second-order valence-corrected chi connectivity index (χ2v) is 5.93. The van der Waals surface area contributed by atoms with Gasteiger partial charge in [0.25, 0.3) is 0 Å². The van der Waals surface area contributed by atoms with Gasteiger partial charge in [0.15, 0.2) is 5.16 Å². The zero-order valence-electron chi connectivity index (χ0n) is 10.7. The van der Waals surface area contributed by atoms with Crippen LogP contribution in [0.15, 0.2) is 40.2 Å². The third-order valence-electron chi connectivity index (χ3n) is 2.84. The molecule has 0 atom stereocenters. The summed E-state index contributed by atoms with van der Waals surface area (Å²) in [6.07, 6.45) is 0. The highest BCUT2D eigenvalue weighted by molar-refractivity contribution is 7.99. The van der Waals surface area contributed by atoms with Crippen molar-refractivity contribution in [2.45, 2.75) is 5.16 Å². The summed E-state index contributed by atoms with van der Waals surface area (Å²) in [4.78, 5) is 15.3. The fourth-order valence-corrected chi connectivity index (χ4v) is 3.35. The van der Waals surface area contributed by atoms with Crippen molar-refractivity contribution in [1.82, 2.24) is 9.55 Å². The van der Waals surface area contributed by atoms with E-state index in [0.717, 1.165) is 16.7 Å². The fraction of sp³-hybridized carbons (Fsp3) is 0.0714. The lowest BCUT2D eigenvalue weighted by Gasteiger charge is -2.05. The average Bonchev–Trinajstić information content (AvgIpc) is 3.10. The molecule has 0 fully saturated rings. The first-order valence-corrected chi connectivity index (χ1v) is 7.91. The maximum Gasteiger partial charge on any atom is 0.313 e. The molecule has 0 saturated heterocycles. The summed E-state index contributed by atoms with van der Waals surface area (Å²) >= 11 is 2.72. The van der Waals surface area contributed by atoms with E-state index in [1.807, 2.05) is 21.4 Å². The van der Waals surface area contributed by atoms with Crippen LogP contribution in [0.3, 0.4) is 0 Å². The standard InChI is InChI=1S/C14H9N3O2S2/c15-6-9-1-2-11-12(5-9)17(10-3-4-20-7-10)14(16-11)21-8-13(18)19/h1-5,7H,8H2,(H,18,19). The Morgan fingerprint density at radius 3 is 3.00 bits per heavy atom. The molecular weight excluding hydrogens is 306 g/mol. The van der Waals surface area contributed by atoms with Crippen molar-refractivity contribution >= 4 is 40.1 Å². The monoisotopic (exact) mass is 315 g/mol. The zero-order chi connectivity index (χ0) is 14.8. The van der Waals surface area contributed by atoms with Gasteiger partial charge < -0.3 is 5.11 Å². The Bertz CT molecular complexity index is 847. The number of hydrogen-bond acceptors (Lipinski definition) is 5. The van der Waals surface area contributed by atoms with Crippen LogP contribution in [0.4, 0.5) is 0 Å². The predicted octanol–water partition coefficient (Wildman–Crippen LogP) is 3.14. The molecule has 3 rings (SSSR count). The van der Waals surface area contributed by atoms with Gasteiger partial charge in [0.2, 0.25) is 0 Å². The second-order valence-electron chi connectivity index (χ2n) is 4.21. The number of thioether (sulfide) groups is 1. The van der Waals surface area contributed by atoms with Crippen molar-refractivity contribution in [3.63, 3.8) is 0 Å². The molecule has 0 aliphatic rings. The highest BCUT2D eigenvalue weighted by atomic mass is 32.2. The number of aromatic nitrogens is 2. The first kappa shape index (κ1) is 13.7. The Labute approximate surface area is 128 Å². The molecule has 1 N–H and O–H groups in total. The summed E-state index contributed by atoms with van der Waals surface area (Å²) in [5.74, 6) is -0.944. The molecule has 0 unspecified atom stereocenters. The molecule has 3 aromatic rings. The van der Waals surface area contributed by atoms with Gasteiger partial charge in [0.1, 0.15) is 0 Å². The number of fused-ring (bicyclic) bond motifs is 1. The maximum atomic E-state index is 10.8. The Balaban J connectivity index is 2.19. The number of hydrogen-bond donors (Lipinski definition) is 1. The van der Waals surface area contributed by atoms with Crippen LogP contribution in [-0.4, -0.2) is 26.4 Å². The molecule has 5 nitrogen and oxygen atoms in total. The van der Waals surface area contributed by atoms with E-state index in [4.69, 9.17) is 10.4 Å². The minimum atomic E-state index is -0.887. The predicted molar refractivity (Wildman–Crippen MR) is 82.0 cm³/mol. The van der Waals surface area contributed by atoms with Gasteiger partial charge in [-0.1, -0.05) is 11.8 Å². The minimum Gasteiger partial charge on any atom is -0.481 e. The molecule has 0 amide bonds. The van der Waals surface area contributed by atoms with Gasteiger partial charge in [0.05, 0.1) is 34.1 Å². The van der Waals surface area contributed by atoms with Crippen LogP contribution in [0.5, 0.6) is 0 Å². The van der Waals surface area contributed by atoms with Crippen molar-refractivity contribution < 1.29 is 9.90 Å². The largest absolute Gasteiger partial charge is 0.481 e. The van der Waals surface area contributed by atoms with Crippen LogP contribution in [0.2, 0.25) is 0 Å². The highest BCUT2D eigenvalue weighted by Crippen LogP contribution is 2.29. The normalized spacial score (nSPS) is 10.6. The molecule has 0 spiro atoms. The quantitative estimate of drug-likeness (QED) is 0.748. The number of nitrogens with zero attached hydrogens (tertiary/aromatic N) is 3. The summed E-state index contributed by atoms with van der Waals surface area (Å²) in [5.41, 5.74) is 3.02. The number of carbonyl (C=O) groups is 1. The number of carboxylic acid groups (broad SMARTS) is 1. The van der Waals surface area contributed by atoms with Crippen LogP contribution >= 0.6 is 23.1 Å². The molecule has 0 radical (unpaired) electrons. The Morgan fingerprint density at radius 1 is 1.48 bits per heavy atom. The number of carboxylic acids is 1. The molecule has 2 aromatic heterocycles. The van der Waals surface area contributed by atoms with Crippen molar-refractivity contribution in [3.05, 3.63) is 40.6 Å². The van der Waals surface area contributed by atoms with E-state index >= 15 is 0 Å². The van der Waals surface area contributed by atoms with E-state index in [-0.39, 0.29) is 5.75 Å². The number of nitriles is 1. The van der Waals surface area contributed by atoms with E-state index in [1.165, 1.54) is 11.8 Å². The number of thiophene rings is 1. The van der Waals surface area contributed by atoms with Gasteiger partial charge in [0, 0.05) is 5.38 Å². The molecule has 0 aliphatic carbocycles. The Hall–Kier alpha value is -2.30. The number of aliphatic carboxylic acids is 1.